The lowest BCUT2D eigenvalue weighted by molar-refractivity contribution is -0.125. The van der Waals surface area contributed by atoms with Crippen LogP contribution in [0.15, 0.2) is 29.1 Å². The van der Waals surface area contributed by atoms with Crippen molar-refractivity contribution in [2.75, 3.05) is 18.9 Å². The van der Waals surface area contributed by atoms with E-state index in [4.69, 9.17) is 22.1 Å². The summed E-state index contributed by atoms with van der Waals surface area (Å²) in [4.78, 5) is 28.7. The van der Waals surface area contributed by atoms with E-state index in [-0.39, 0.29) is 24.1 Å². The molecule has 8 heteroatoms. The van der Waals surface area contributed by atoms with Crippen LogP contribution >= 0.6 is 11.6 Å². The number of nitrogens with zero attached hydrogens (tertiary/aromatic N) is 2. The number of nitrogen functional groups attached to an aromatic ring is 1. The number of amides is 1. The van der Waals surface area contributed by atoms with Crippen LogP contribution in [0.5, 0.6) is 0 Å². The molecular weight excluding hydrogens is 332 g/mol. The molecule has 1 aliphatic heterocycles. The number of carbonyl (C=O) groups excluding carboxylic acids is 1. The summed E-state index contributed by atoms with van der Waals surface area (Å²) in [5.74, 6) is 0.195. The number of nitrogens with one attached hydrogen (secondary N) is 1. The van der Waals surface area contributed by atoms with Crippen LogP contribution in [0.3, 0.4) is 0 Å². The van der Waals surface area contributed by atoms with Gasteiger partial charge in [-0.25, -0.2) is 4.98 Å². The highest BCUT2D eigenvalue weighted by Gasteiger charge is 2.21. The Labute approximate surface area is 143 Å². The molecule has 0 atom stereocenters. The first-order chi connectivity index (χ1) is 11.4. The summed E-state index contributed by atoms with van der Waals surface area (Å²) in [5, 5.41) is 3.31. The Bertz CT molecular complexity index is 846. The van der Waals surface area contributed by atoms with E-state index in [2.05, 4.69) is 10.3 Å². The van der Waals surface area contributed by atoms with Crippen molar-refractivity contribution in [2.24, 2.45) is 0 Å². The second kappa shape index (κ2) is 6.62. The molecular formula is C16H17ClN4O3. The molecule has 1 saturated heterocycles. The quantitative estimate of drug-likeness (QED) is 0.802. The first kappa shape index (κ1) is 16.5. The number of rotatable bonds is 4. The predicted molar refractivity (Wildman–Crippen MR) is 90.8 cm³/mol. The molecule has 0 bridgehead atoms. The van der Waals surface area contributed by atoms with Gasteiger partial charge in [-0.3, -0.25) is 14.2 Å². The second-order valence-corrected chi connectivity index (χ2v) is 6.08. The zero-order chi connectivity index (χ0) is 17.3. The van der Waals surface area contributed by atoms with Gasteiger partial charge in [-0.15, -0.1) is 0 Å². The van der Waals surface area contributed by atoms with E-state index in [0.717, 1.165) is 0 Å². The Morgan fingerprint density at radius 3 is 2.79 bits per heavy atom. The molecule has 1 amide bonds. The van der Waals surface area contributed by atoms with Gasteiger partial charge in [-0.05, 0) is 25.1 Å². The van der Waals surface area contributed by atoms with Gasteiger partial charge in [0.2, 0.25) is 5.91 Å². The van der Waals surface area contributed by atoms with Gasteiger partial charge in [0, 0.05) is 22.3 Å². The molecule has 3 rings (SSSR count). The van der Waals surface area contributed by atoms with Crippen molar-refractivity contribution in [1.82, 2.24) is 14.9 Å². The van der Waals surface area contributed by atoms with E-state index in [0.29, 0.717) is 41.0 Å². The minimum absolute atomic E-state index is 0.0228. The number of nitrogens with two attached hydrogens (primary N) is 1. The van der Waals surface area contributed by atoms with Crippen molar-refractivity contribution < 1.29 is 9.53 Å². The van der Waals surface area contributed by atoms with Gasteiger partial charge in [-0.2, -0.15) is 0 Å². The average molecular weight is 349 g/mol. The molecule has 0 saturated carbocycles. The average Bonchev–Trinajstić information content (AvgIpc) is 2.46. The molecule has 7 nitrogen and oxygen atoms in total. The van der Waals surface area contributed by atoms with E-state index >= 15 is 0 Å². The Morgan fingerprint density at radius 1 is 1.46 bits per heavy atom. The maximum Gasteiger partial charge on any atom is 0.254 e. The van der Waals surface area contributed by atoms with Gasteiger partial charge < -0.3 is 15.8 Å². The fourth-order valence-corrected chi connectivity index (χ4v) is 2.63. The van der Waals surface area contributed by atoms with Crippen molar-refractivity contribution in [3.05, 3.63) is 45.5 Å². The zero-order valence-electron chi connectivity index (χ0n) is 13.1. The lowest BCUT2D eigenvalue weighted by Crippen LogP contribution is -2.50. The smallest absolute Gasteiger partial charge is 0.254 e. The Hall–Kier alpha value is -2.38. The van der Waals surface area contributed by atoms with Gasteiger partial charge in [0.1, 0.15) is 12.4 Å². The monoisotopic (exact) mass is 348 g/mol. The van der Waals surface area contributed by atoms with Crippen LogP contribution in [-0.2, 0) is 16.1 Å². The molecule has 0 aliphatic carbocycles. The number of hydrogen-bond donors (Lipinski definition) is 2. The summed E-state index contributed by atoms with van der Waals surface area (Å²) in [6.07, 6.45) is 0. The Balaban J connectivity index is 1.85. The minimum atomic E-state index is -0.313. The number of benzene rings is 1. The van der Waals surface area contributed by atoms with E-state index in [9.17, 15) is 9.59 Å². The molecule has 3 N–H and O–H groups in total. The third-order valence-electron chi connectivity index (χ3n) is 3.79. The lowest BCUT2D eigenvalue weighted by Gasteiger charge is -2.27. The van der Waals surface area contributed by atoms with Crippen molar-refractivity contribution in [3.63, 3.8) is 0 Å². The second-order valence-electron chi connectivity index (χ2n) is 5.65. The Morgan fingerprint density at radius 2 is 2.21 bits per heavy atom. The fraction of sp³-hybridized carbons (Fsp3) is 0.312. The summed E-state index contributed by atoms with van der Waals surface area (Å²) >= 11 is 5.89. The van der Waals surface area contributed by atoms with E-state index in [1.54, 1.807) is 25.1 Å². The molecule has 1 fully saturated rings. The molecule has 1 aliphatic rings. The SMILES string of the molecule is Cc1nc(-c2ccc(Cl)cc2N)cc(=O)n1CC(=O)NC1COC1. The number of anilines is 1. The number of hydrogen-bond acceptors (Lipinski definition) is 5. The highest BCUT2D eigenvalue weighted by Crippen LogP contribution is 2.26. The number of halogens is 1. The fourth-order valence-electron chi connectivity index (χ4n) is 2.45. The third kappa shape index (κ3) is 3.42. The molecule has 0 radical (unpaired) electrons. The van der Waals surface area contributed by atoms with Crippen LogP contribution in [0, 0.1) is 6.92 Å². The first-order valence-electron chi connectivity index (χ1n) is 7.45. The zero-order valence-corrected chi connectivity index (χ0v) is 13.8. The van der Waals surface area contributed by atoms with Crippen LogP contribution < -0.4 is 16.6 Å². The van der Waals surface area contributed by atoms with Crippen molar-refractivity contribution in [1.29, 1.82) is 0 Å². The van der Waals surface area contributed by atoms with Crippen LogP contribution in [0.1, 0.15) is 5.82 Å². The summed E-state index contributed by atoms with van der Waals surface area (Å²) < 4.78 is 6.32. The highest BCUT2D eigenvalue weighted by molar-refractivity contribution is 6.31. The van der Waals surface area contributed by atoms with Crippen LogP contribution in [0.2, 0.25) is 5.02 Å². The van der Waals surface area contributed by atoms with Crippen molar-refractivity contribution in [2.45, 2.75) is 19.5 Å². The summed E-state index contributed by atoms with van der Waals surface area (Å²) in [6.45, 7) is 2.61. The van der Waals surface area contributed by atoms with Crippen LogP contribution in [-0.4, -0.2) is 34.7 Å². The van der Waals surface area contributed by atoms with Gasteiger partial charge in [0.15, 0.2) is 0 Å². The number of carbonyl (C=O) groups is 1. The largest absolute Gasteiger partial charge is 0.398 e. The molecule has 1 aromatic heterocycles. The molecule has 24 heavy (non-hydrogen) atoms. The summed E-state index contributed by atoms with van der Waals surface area (Å²) in [6, 6.07) is 6.39. The molecule has 0 unspecified atom stereocenters. The van der Waals surface area contributed by atoms with Crippen LogP contribution in [0.25, 0.3) is 11.3 Å². The van der Waals surface area contributed by atoms with Crippen LogP contribution in [0.4, 0.5) is 5.69 Å². The van der Waals surface area contributed by atoms with E-state index in [1.807, 2.05) is 0 Å². The van der Waals surface area contributed by atoms with Gasteiger partial charge >= 0.3 is 0 Å². The van der Waals surface area contributed by atoms with Gasteiger partial charge in [0.25, 0.3) is 5.56 Å². The Kier molecular flexibility index (Phi) is 4.55. The molecule has 2 aromatic rings. The number of ether oxygens (including phenoxy) is 1. The normalized spacial score (nSPS) is 14.2. The maximum absolute atomic E-state index is 12.4. The predicted octanol–water partition coefficient (Wildman–Crippen LogP) is 0.969. The van der Waals surface area contributed by atoms with Gasteiger partial charge in [-0.1, -0.05) is 11.6 Å². The number of aryl methyl sites for hydroxylation is 1. The van der Waals surface area contributed by atoms with Crippen molar-refractivity contribution in [3.8, 4) is 11.3 Å². The summed E-state index contributed by atoms with van der Waals surface area (Å²) in [5.41, 5.74) is 7.15. The third-order valence-corrected chi connectivity index (χ3v) is 4.03. The topological polar surface area (TPSA) is 99.2 Å². The highest BCUT2D eigenvalue weighted by atomic mass is 35.5. The molecule has 1 aromatic carbocycles. The first-order valence-corrected chi connectivity index (χ1v) is 7.83. The summed E-state index contributed by atoms with van der Waals surface area (Å²) in [7, 11) is 0. The van der Waals surface area contributed by atoms with E-state index in [1.165, 1.54) is 10.6 Å². The van der Waals surface area contributed by atoms with E-state index < -0.39 is 0 Å². The molecule has 2 heterocycles. The van der Waals surface area contributed by atoms with Crippen molar-refractivity contribution >= 4 is 23.2 Å². The standard InChI is InChI=1S/C16H17ClN4O3/c1-9-19-14(12-3-2-10(17)4-13(12)18)5-16(23)21(9)6-15(22)20-11-7-24-8-11/h2-5,11H,6-8,18H2,1H3,(H,20,22). The lowest BCUT2D eigenvalue weighted by atomic mass is 10.1. The maximum atomic E-state index is 12.4. The molecule has 0 spiro atoms. The molecule has 126 valence electrons. The van der Waals surface area contributed by atoms with Gasteiger partial charge in [0.05, 0.1) is 24.9 Å². The number of aromatic nitrogens is 2. The minimum Gasteiger partial charge on any atom is -0.398 e.